The third kappa shape index (κ3) is 4.92. The van der Waals surface area contributed by atoms with Crippen molar-refractivity contribution in [3.63, 3.8) is 0 Å². The van der Waals surface area contributed by atoms with Crippen LogP contribution in [0.4, 0.5) is 0 Å². The van der Waals surface area contributed by atoms with E-state index in [0.29, 0.717) is 19.6 Å². The molecule has 1 rings (SSSR count). The Morgan fingerprint density at radius 1 is 1.50 bits per heavy atom. The van der Waals surface area contributed by atoms with Crippen molar-refractivity contribution in [1.82, 2.24) is 15.5 Å². The summed E-state index contributed by atoms with van der Waals surface area (Å²) in [6.07, 6.45) is 2.67. The average molecular weight is 257 g/mol. The van der Waals surface area contributed by atoms with Gasteiger partial charge in [-0.3, -0.25) is 9.69 Å². The number of nitrogens with zero attached hydrogens (tertiary/aromatic N) is 1. The molecule has 1 fully saturated rings. The monoisotopic (exact) mass is 257 g/mol. The van der Waals surface area contributed by atoms with Crippen molar-refractivity contribution >= 4 is 5.91 Å². The van der Waals surface area contributed by atoms with Gasteiger partial charge in [0, 0.05) is 19.1 Å². The standard InChI is InChI=1S/C13H27N3O2/c1-4-11(5-2)15-12(17)8-16(3)10-13(18)6-7-14-9-13/h11,14,18H,4-10H2,1-3H3,(H,15,17). The van der Waals surface area contributed by atoms with Gasteiger partial charge in [-0.1, -0.05) is 13.8 Å². The van der Waals surface area contributed by atoms with E-state index in [4.69, 9.17) is 0 Å². The Morgan fingerprint density at radius 3 is 2.67 bits per heavy atom. The van der Waals surface area contributed by atoms with Gasteiger partial charge in [0.2, 0.25) is 5.91 Å². The molecule has 1 heterocycles. The van der Waals surface area contributed by atoms with E-state index >= 15 is 0 Å². The van der Waals surface area contributed by atoms with Gasteiger partial charge in [-0.05, 0) is 32.9 Å². The number of hydrogen-bond acceptors (Lipinski definition) is 4. The van der Waals surface area contributed by atoms with Crippen molar-refractivity contribution in [3.8, 4) is 0 Å². The van der Waals surface area contributed by atoms with E-state index in [9.17, 15) is 9.90 Å². The van der Waals surface area contributed by atoms with Crippen molar-refractivity contribution in [1.29, 1.82) is 0 Å². The maximum absolute atomic E-state index is 11.8. The number of carbonyl (C=O) groups excluding carboxylic acids is 1. The van der Waals surface area contributed by atoms with E-state index in [-0.39, 0.29) is 11.9 Å². The predicted octanol–water partition coefficient (Wildman–Crippen LogP) is -0.0526. The Balaban J connectivity index is 2.30. The second-order valence-electron chi connectivity index (χ2n) is 5.40. The molecule has 0 radical (unpaired) electrons. The molecule has 18 heavy (non-hydrogen) atoms. The van der Waals surface area contributed by atoms with Crippen LogP contribution >= 0.6 is 0 Å². The summed E-state index contributed by atoms with van der Waals surface area (Å²) in [4.78, 5) is 13.7. The summed E-state index contributed by atoms with van der Waals surface area (Å²) in [5.74, 6) is 0.0424. The molecule has 1 aliphatic heterocycles. The molecule has 0 saturated carbocycles. The van der Waals surface area contributed by atoms with Crippen molar-refractivity contribution in [2.75, 3.05) is 33.2 Å². The quantitative estimate of drug-likeness (QED) is 0.598. The number of amides is 1. The number of rotatable bonds is 7. The molecule has 1 saturated heterocycles. The lowest BCUT2D eigenvalue weighted by Gasteiger charge is -2.28. The first-order valence-electron chi connectivity index (χ1n) is 6.90. The van der Waals surface area contributed by atoms with Crippen molar-refractivity contribution in [2.24, 2.45) is 0 Å². The average Bonchev–Trinajstić information content (AvgIpc) is 2.72. The molecule has 0 spiro atoms. The second kappa shape index (κ2) is 7.07. The highest BCUT2D eigenvalue weighted by atomic mass is 16.3. The van der Waals surface area contributed by atoms with Crippen LogP contribution in [0.3, 0.4) is 0 Å². The molecule has 5 heteroatoms. The van der Waals surface area contributed by atoms with Crippen LogP contribution < -0.4 is 10.6 Å². The van der Waals surface area contributed by atoms with Gasteiger partial charge in [-0.15, -0.1) is 0 Å². The Bertz CT molecular complexity index is 261. The zero-order valence-electron chi connectivity index (χ0n) is 11.8. The fourth-order valence-electron chi connectivity index (χ4n) is 2.44. The van der Waals surface area contributed by atoms with Gasteiger partial charge in [-0.25, -0.2) is 0 Å². The summed E-state index contributed by atoms with van der Waals surface area (Å²) in [6.45, 7) is 6.50. The molecule has 1 unspecified atom stereocenters. The maximum Gasteiger partial charge on any atom is 0.234 e. The van der Waals surface area contributed by atoms with Gasteiger partial charge in [0.15, 0.2) is 0 Å². The molecule has 5 nitrogen and oxygen atoms in total. The van der Waals surface area contributed by atoms with E-state index in [1.165, 1.54) is 0 Å². The number of likely N-dealkylation sites (N-methyl/N-ethyl adjacent to an activating group) is 1. The van der Waals surface area contributed by atoms with E-state index in [1.807, 2.05) is 11.9 Å². The van der Waals surface area contributed by atoms with Crippen LogP contribution in [0.1, 0.15) is 33.1 Å². The van der Waals surface area contributed by atoms with E-state index < -0.39 is 5.60 Å². The van der Waals surface area contributed by atoms with Crippen LogP contribution in [-0.2, 0) is 4.79 Å². The first-order valence-corrected chi connectivity index (χ1v) is 6.90. The Kier molecular flexibility index (Phi) is 6.05. The van der Waals surface area contributed by atoms with Gasteiger partial charge in [0.05, 0.1) is 12.1 Å². The summed E-state index contributed by atoms with van der Waals surface area (Å²) in [5.41, 5.74) is -0.677. The molecule has 1 aliphatic rings. The van der Waals surface area contributed by atoms with Crippen LogP contribution in [0, 0.1) is 0 Å². The summed E-state index contributed by atoms with van der Waals surface area (Å²) >= 11 is 0. The molecule has 106 valence electrons. The number of nitrogens with one attached hydrogen (secondary N) is 2. The van der Waals surface area contributed by atoms with E-state index in [2.05, 4.69) is 24.5 Å². The first kappa shape index (κ1) is 15.4. The molecule has 0 aromatic carbocycles. The summed E-state index contributed by atoms with van der Waals surface area (Å²) in [6, 6.07) is 0.266. The minimum atomic E-state index is -0.677. The van der Waals surface area contributed by atoms with Crippen molar-refractivity contribution in [3.05, 3.63) is 0 Å². The zero-order valence-corrected chi connectivity index (χ0v) is 11.8. The first-order chi connectivity index (χ1) is 8.49. The van der Waals surface area contributed by atoms with Gasteiger partial charge < -0.3 is 15.7 Å². The van der Waals surface area contributed by atoms with Crippen LogP contribution in [0.5, 0.6) is 0 Å². The Labute approximate surface area is 110 Å². The fourth-order valence-corrected chi connectivity index (χ4v) is 2.44. The minimum Gasteiger partial charge on any atom is -0.387 e. The molecule has 0 aliphatic carbocycles. The normalized spacial score (nSPS) is 23.9. The largest absolute Gasteiger partial charge is 0.387 e. The lowest BCUT2D eigenvalue weighted by molar-refractivity contribution is -0.123. The molecule has 3 N–H and O–H groups in total. The third-order valence-corrected chi connectivity index (χ3v) is 3.55. The molecular weight excluding hydrogens is 230 g/mol. The lowest BCUT2D eigenvalue weighted by atomic mass is 10.0. The fraction of sp³-hybridized carbons (Fsp3) is 0.923. The van der Waals surface area contributed by atoms with Gasteiger partial charge >= 0.3 is 0 Å². The summed E-state index contributed by atoms with van der Waals surface area (Å²) in [7, 11) is 1.88. The molecular formula is C13H27N3O2. The van der Waals surface area contributed by atoms with E-state index in [0.717, 1.165) is 25.8 Å². The summed E-state index contributed by atoms with van der Waals surface area (Å²) < 4.78 is 0. The minimum absolute atomic E-state index is 0.0424. The molecule has 1 amide bonds. The van der Waals surface area contributed by atoms with Gasteiger partial charge in [0.25, 0.3) is 0 Å². The molecule has 0 aromatic heterocycles. The predicted molar refractivity (Wildman–Crippen MR) is 72.4 cm³/mol. The number of aliphatic hydroxyl groups is 1. The highest BCUT2D eigenvalue weighted by Gasteiger charge is 2.32. The van der Waals surface area contributed by atoms with Crippen molar-refractivity contribution < 1.29 is 9.90 Å². The topological polar surface area (TPSA) is 64.6 Å². The molecule has 0 aromatic rings. The van der Waals surface area contributed by atoms with Gasteiger partial charge in [0.1, 0.15) is 0 Å². The van der Waals surface area contributed by atoms with E-state index in [1.54, 1.807) is 0 Å². The SMILES string of the molecule is CCC(CC)NC(=O)CN(C)CC1(O)CCNC1. The maximum atomic E-state index is 11.8. The second-order valence-corrected chi connectivity index (χ2v) is 5.40. The summed E-state index contributed by atoms with van der Waals surface area (Å²) in [5, 5.41) is 16.4. The highest BCUT2D eigenvalue weighted by Crippen LogP contribution is 2.14. The number of hydrogen-bond donors (Lipinski definition) is 3. The van der Waals surface area contributed by atoms with Crippen LogP contribution in [-0.4, -0.2) is 60.8 Å². The van der Waals surface area contributed by atoms with Crippen LogP contribution in [0.25, 0.3) is 0 Å². The zero-order chi connectivity index (χ0) is 13.6. The van der Waals surface area contributed by atoms with Crippen molar-refractivity contribution in [2.45, 2.75) is 44.8 Å². The van der Waals surface area contributed by atoms with Crippen LogP contribution in [0.15, 0.2) is 0 Å². The van der Waals surface area contributed by atoms with Crippen LogP contribution in [0.2, 0.25) is 0 Å². The Morgan fingerprint density at radius 2 is 2.17 bits per heavy atom. The lowest BCUT2D eigenvalue weighted by Crippen LogP contribution is -2.47. The number of β-amino-alcohol motifs (C(OH)–C–C–N with tert-alkyl or cyclic N) is 1. The van der Waals surface area contributed by atoms with Gasteiger partial charge in [-0.2, -0.15) is 0 Å². The third-order valence-electron chi connectivity index (χ3n) is 3.55. The number of carbonyl (C=O) groups is 1. The molecule has 0 bridgehead atoms. The highest BCUT2D eigenvalue weighted by molar-refractivity contribution is 5.78. The Hall–Kier alpha value is -0.650. The smallest absolute Gasteiger partial charge is 0.234 e. The molecule has 1 atom stereocenters.